The Balaban J connectivity index is 1.86. The Hall–Kier alpha value is -3.21. The molecule has 1 aliphatic rings. The number of fused-ring (bicyclic) bond motifs is 2. The number of aryl methyl sites for hydroxylation is 1. The van der Waals surface area contributed by atoms with Crippen molar-refractivity contribution in [3.8, 4) is 28.4 Å². The van der Waals surface area contributed by atoms with E-state index < -0.39 is 0 Å². The van der Waals surface area contributed by atoms with Crippen molar-refractivity contribution in [1.29, 1.82) is 0 Å². The predicted molar refractivity (Wildman–Crippen MR) is 101 cm³/mol. The van der Waals surface area contributed by atoms with Gasteiger partial charge in [0.25, 0.3) is 0 Å². The zero-order chi connectivity index (χ0) is 17.5. The lowest BCUT2D eigenvalue weighted by atomic mass is 9.96. The molecule has 5 rings (SSSR count). The van der Waals surface area contributed by atoms with Gasteiger partial charge in [0.2, 0.25) is 5.88 Å². The Morgan fingerprint density at radius 2 is 1.96 bits per heavy atom. The Bertz CT molecular complexity index is 1100. The van der Waals surface area contributed by atoms with E-state index in [1.165, 1.54) is 5.69 Å². The van der Waals surface area contributed by atoms with Gasteiger partial charge in [-0.2, -0.15) is 5.10 Å². The zero-order valence-electron chi connectivity index (χ0n) is 14.5. The van der Waals surface area contributed by atoms with Gasteiger partial charge in [-0.15, -0.1) is 0 Å². The van der Waals surface area contributed by atoms with E-state index in [0.29, 0.717) is 5.88 Å². The van der Waals surface area contributed by atoms with Crippen molar-refractivity contribution in [2.75, 3.05) is 7.11 Å². The minimum Gasteiger partial charge on any atom is -0.481 e. The van der Waals surface area contributed by atoms with E-state index in [9.17, 15) is 0 Å². The van der Waals surface area contributed by atoms with Gasteiger partial charge in [0, 0.05) is 41.0 Å². The highest BCUT2D eigenvalue weighted by molar-refractivity contribution is 5.99. The maximum Gasteiger partial charge on any atom is 0.214 e. The molecule has 4 heterocycles. The molecule has 1 aromatic carbocycles. The first kappa shape index (κ1) is 15.1. The number of nitrogens with zero attached hydrogens (tertiary/aromatic N) is 4. The van der Waals surface area contributed by atoms with Crippen molar-refractivity contribution >= 4 is 10.9 Å². The third-order valence-electron chi connectivity index (χ3n) is 4.92. The van der Waals surface area contributed by atoms with Gasteiger partial charge in [0.1, 0.15) is 5.69 Å². The standard InChI is InChI=1S/C21H18N4O/c1-26-19-13-15(14-7-2-3-8-16(14)23-19)20-18-10-6-12-25(18)24-21(20)17-9-4-5-11-22-17/h2-5,7-9,11,13H,6,10,12H2,1H3. The van der Waals surface area contributed by atoms with Crippen LogP contribution in [0.15, 0.2) is 54.7 Å². The van der Waals surface area contributed by atoms with Gasteiger partial charge < -0.3 is 4.74 Å². The molecule has 5 nitrogen and oxygen atoms in total. The first-order valence-electron chi connectivity index (χ1n) is 8.80. The third-order valence-corrected chi connectivity index (χ3v) is 4.92. The summed E-state index contributed by atoms with van der Waals surface area (Å²) in [4.78, 5) is 9.14. The molecule has 0 saturated heterocycles. The lowest BCUT2D eigenvalue weighted by Crippen LogP contribution is -1.94. The third kappa shape index (κ3) is 2.28. The van der Waals surface area contributed by atoms with E-state index in [1.54, 1.807) is 7.11 Å². The molecular weight excluding hydrogens is 324 g/mol. The Labute approximate surface area is 151 Å². The Morgan fingerprint density at radius 3 is 2.81 bits per heavy atom. The van der Waals surface area contributed by atoms with Crippen LogP contribution in [0.2, 0.25) is 0 Å². The van der Waals surface area contributed by atoms with Gasteiger partial charge in [-0.25, -0.2) is 4.98 Å². The summed E-state index contributed by atoms with van der Waals surface area (Å²) in [5.74, 6) is 0.614. The summed E-state index contributed by atoms with van der Waals surface area (Å²) >= 11 is 0. The molecule has 5 heteroatoms. The molecule has 3 aromatic heterocycles. The highest BCUT2D eigenvalue weighted by Crippen LogP contribution is 2.40. The van der Waals surface area contributed by atoms with Crippen molar-refractivity contribution in [3.05, 3.63) is 60.4 Å². The van der Waals surface area contributed by atoms with Crippen LogP contribution in [0.1, 0.15) is 12.1 Å². The molecule has 128 valence electrons. The summed E-state index contributed by atoms with van der Waals surface area (Å²) in [5, 5.41) is 6.00. The molecule has 0 radical (unpaired) electrons. The molecule has 0 fully saturated rings. The van der Waals surface area contributed by atoms with Crippen molar-refractivity contribution in [2.24, 2.45) is 0 Å². The average Bonchev–Trinajstić information content (AvgIpc) is 3.29. The quantitative estimate of drug-likeness (QED) is 0.562. The van der Waals surface area contributed by atoms with Crippen molar-refractivity contribution in [2.45, 2.75) is 19.4 Å². The number of aromatic nitrogens is 4. The fraction of sp³-hybridized carbons (Fsp3) is 0.190. The lowest BCUT2D eigenvalue weighted by Gasteiger charge is -2.11. The first-order valence-corrected chi connectivity index (χ1v) is 8.80. The van der Waals surface area contributed by atoms with Crippen LogP contribution in [0, 0.1) is 0 Å². The van der Waals surface area contributed by atoms with Crippen LogP contribution in [0.25, 0.3) is 33.4 Å². The number of pyridine rings is 2. The molecule has 0 bridgehead atoms. The molecule has 1 aliphatic heterocycles. The van der Waals surface area contributed by atoms with Crippen LogP contribution in [0.3, 0.4) is 0 Å². The monoisotopic (exact) mass is 342 g/mol. The van der Waals surface area contributed by atoms with Crippen LogP contribution in [0.4, 0.5) is 0 Å². The molecule has 4 aromatic rings. The average molecular weight is 342 g/mol. The van der Waals surface area contributed by atoms with Gasteiger partial charge >= 0.3 is 0 Å². The summed E-state index contributed by atoms with van der Waals surface area (Å²) in [5.41, 5.74) is 6.27. The molecule has 0 atom stereocenters. The van der Waals surface area contributed by atoms with Crippen molar-refractivity contribution in [1.82, 2.24) is 19.7 Å². The van der Waals surface area contributed by atoms with Crippen molar-refractivity contribution < 1.29 is 4.74 Å². The number of methoxy groups -OCH3 is 1. The van der Waals surface area contributed by atoms with Gasteiger partial charge in [-0.05, 0) is 31.0 Å². The molecule has 0 spiro atoms. The maximum absolute atomic E-state index is 5.47. The number of para-hydroxylation sites is 1. The lowest BCUT2D eigenvalue weighted by molar-refractivity contribution is 0.400. The second-order valence-corrected chi connectivity index (χ2v) is 6.44. The summed E-state index contributed by atoms with van der Waals surface area (Å²) in [6.07, 6.45) is 3.96. The van der Waals surface area contributed by atoms with Crippen LogP contribution in [0.5, 0.6) is 5.88 Å². The Morgan fingerprint density at radius 1 is 1.08 bits per heavy atom. The van der Waals surface area contributed by atoms with Gasteiger partial charge in [-0.3, -0.25) is 9.67 Å². The molecule has 0 unspecified atom stereocenters. The second kappa shape index (κ2) is 5.95. The largest absolute Gasteiger partial charge is 0.481 e. The van der Waals surface area contributed by atoms with Crippen LogP contribution in [-0.2, 0) is 13.0 Å². The van der Waals surface area contributed by atoms with Crippen LogP contribution in [-0.4, -0.2) is 26.9 Å². The number of benzene rings is 1. The first-order chi connectivity index (χ1) is 12.8. The van der Waals surface area contributed by atoms with E-state index in [1.807, 2.05) is 48.7 Å². The van der Waals surface area contributed by atoms with E-state index >= 15 is 0 Å². The number of hydrogen-bond acceptors (Lipinski definition) is 4. The van der Waals surface area contributed by atoms with Gasteiger partial charge in [0.15, 0.2) is 0 Å². The maximum atomic E-state index is 5.47. The molecular formula is C21H18N4O. The number of ether oxygens (including phenoxy) is 1. The number of rotatable bonds is 3. The van der Waals surface area contributed by atoms with Crippen LogP contribution < -0.4 is 4.74 Å². The summed E-state index contributed by atoms with van der Waals surface area (Å²) in [6, 6.07) is 16.1. The highest BCUT2D eigenvalue weighted by atomic mass is 16.5. The van der Waals surface area contributed by atoms with E-state index in [0.717, 1.165) is 52.8 Å². The summed E-state index contributed by atoms with van der Waals surface area (Å²) in [7, 11) is 1.66. The number of hydrogen-bond donors (Lipinski definition) is 0. The fourth-order valence-electron chi connectivity index (χ4n) is 3.76. The minimum atomic E-state index is 0.614. The van der Waals surface area contributed by atoms with E-state index in [4.69, 9.17) is 9.84 Å². The van der Waals surface area contributed by atoms with E-state index in [2.05, 4.69) is 20.7 Å². The minimum absolute atomic E-state index is 0.614. The highest BCUT2D eigenvalue weighted by Gasteiger charge is 2.26. The van der Waals surface area contributed by atoms with Gasteiger partial charge in [-0.1, -0.05) is 24.3 Å². The van der Waals surface area contributed by atoms with E-state index in [-0.39, 0.29) is 0 Å². The topological polar surface area (TPSA) is 52.8 Å². The van der Waals surface area contributed by atoms with Crippen molar-refractivity contribution in [3.63, 3.8) is 0 Å². The Kier molecular flexibility index (Phi) is 3.45. The predicted octanol–water partition coefficient (Wildman–Crippen LogP) is 4.12. The van der Waals surface area contributed by atoms with Gasteiger partial charge in [0.05, 0.1) is 18.3 Å². The van der Waals surface area contributed by atoms with Crippen LogP contribution >= 0.6 is 0 Å². The summed E-state index contributed by atoms with van der Waals surface area (Å²) in [6.45, 7) is 0.954. The molecule has 26 heavy (non-hydrogen) atoms. The fourth-order valence-corrected chi connectivity index (χ4v) is 3.76. The zero-order valence-corrected chi connectivity index (χ0v) is 14.5. The smallest absolute Gasteiger partial charge is 0.214 e. The normalized spacial score (nSPS) is 13.1. The molecule has 0 aliphatic carbocycles. The summed E-state index contributed by atoms with van der Waals surface area (Å²) < 4.78 is 7.60. The molecule has 0 amide bonds. The second-order valence-electron chi connectivity index (χ2n) is 6.44. The molecule has 0 N–H and O–H groups in total. The SMILES string of the molecule is COc1cc(-c2c(-c3ccccn3)nn3c2CCC3)c2ccccc2n1. The molecule has 0 saturated carbocycles.